The van der Waals surface area contributed by atoms with E-state index in [1.165, 1.54) is 77.0 Å². The van der Waals surface area contributed by atoms with Crippen LogP contribution in [0.5, 0.6) is 0 Å². The van der Waals surface area contributed by atoms with Crippen LogP contribution < -0.4 is 5.73 Å². The number of aliphatic carboxylic acids is 1. The summed E-state index contributed by atoms with van der Waals surface area (Å²) in [6.45, 7) is 3.81. The monoisotopic (exact) mass is 717 g/mol. The number of carboxylic acid groups (broad SMARTS) is 1. The lowest BCUT2D eigenvalue weighted by Gasteiger charge is -2.20. The number of unbranched alkanes of at least 4 members (excludes halogenated alkanes) is 19. The SMILES string of the molecule is CCCCC/C=C\CCCCCCCC(=O)OC(COCCCCCCCC/C=C\CCCCCCC)COP(=O)(O)OCC(N)C(=O)O. The summed E-state index contributed by atoms with van der Waals surface area (Å²) < 4.78 is 33.2. The number of hydrogen-bond donors (Lipinski definition) is 3. The van der Waals surface area contributed by atoms with Crippen LogP contribution in [-0.2, 0) is 32.7 Å². The second-order valence-corrected chi connectivity index (χ2v) is 14.5. The van der Waals surface area contributed by atoms with Crippen LogP contribution in [0.15, 0.2) is 24.3 Å². The third kappa shape index (κ3) is 34.7. The number of carbonyl (C=O) groups excluding carboxylic acids is 1. The molecule has 0 saturated heterocycles. The van der Waals surface area contributed by atoms with E-state index < -0.39 is 45.1 Å². The van der Waals surface area contributed by atoms with Gasteiger partial charge < -0.3 is 25.2 Å². The number of phosphoric ester groups is 1. The Morgan fingerprint density at radius 3 is 1.59 bits per heavy atom. The Balaban J connectivity index is 4.31. The van der Waals surface area contributed by atoms with Gasteiger partial charge in [-0.15, -0.1) is 0 Å². The van der Waals surface area contributed by atoms with Gasteiger partial charge in [0.2, 0.25) is 0 Å². The molecule has 0 aromatic carbocycles. The predicted octanol–water partition coefficient (Wildman–Crippen LogP) is 9.97. The fraction of sp³-hybridized carbons (Fsp3) is 0.842. The van der Waals surface area contributed by atoms with Crippen LogP contribution in [0.1, 0.15) is 168 Å². The lowest BCUT2D eigenvalue weighted by atomic mass is 10.1. The van der Waals surface area contributed by atoms with Crippen molar-refractivity contribution in [3.63, 3.8) is 0 Å². The van der Waals surface area contributed by atoms with Gasteiger partial charge in [-0.3, -0.25) is 18.6 Å². The summed E-state index contributed by atoms with van der Waals surface area (Å²) in [6.07, 6.45) is 35.1. The zero-order chi connectivity index (χ0) is 36.3. The quantitative estimate of drug-likeness (QED) is 0.0245. The summed E-state index contributed by atoms with van der Waals surface area (Å²) in [5, 5.41) is 8.86. The molecule has 4 N–H and O–H groups in total. The van der Waals surface area contributed by atoms with E-state index in [1.54, 1.807) is 0 Å². The van der Waals surface area contributed by atoms with E-state index in [-0.39, 0.29) is 13.0 Å². The van der Waals surface area contributed by atoms with Crippen LogP contribution in [0.25, 0.3) is 0 Å². The second-order valence-electron chi connectivity index (χ2n) is 13.0. The molecule has 3 unspecified atom stereocenters. The summed E-state index contributed by atoms with van der Waals surface area (Å²) in [5.74, 6) is -1.79. The van der Waals surface area contributed by atoms with Crippen molar-refractivity contribution in [3.8, 4) is 0 Å². The lowest BCUT2D eigenvalue weighted by molar-refractivity contribution is -0.154. The highest BCUT2D eigenvalue weighted by atomic mass is 31.2. The highest BCUT2D eigenvalue weighted by molar-refractivity contribution is 7.47. The minimum Gasteiger partial charge on any atom is -0.480 e. The first-order valence-electron chi connectivity index (χ1n) is 19.4. The Bertz CT molecular complexity index is 883. The standard InChI is InChI=1S/C38H72NO9P/c1-3-5-7-9-11-13-15-17-18-19-21-23-25-27-29-31-45-32-35(33-46-49(43,44)47-34-36(39)38(41)42)48-37(40)30-28-26-24-22-20-16-14-12-10-8-6-4-2/h12,14-15,17,35-36H,3-11,13,16,18-34,39H2,1-2H3,(H,41,42)(H,43,44)/b14-12-,17-15-. The first kappa shape index (κ1) is 47.4. The Kier molecular flexibility index (Phi) is 33.8. The van der Waals surface area contributed by atoms with E-state index in [0.717, 1.165) is 64.2 Å². The highest BCUT2D eigenvalue weighted by Gasteiger charge is 2.27. The van der Waals surface area contributed by atoms with Crippen molar-refractivity contribution in [2.75, 3.05) is 26.4 Å². The van der Waals surface area contributed by atoms with Gasteiger partial charge in [-0.05, 0) is 64.2 Å². The van der Waals surface area contributed by atoms with Gasteiger partial charge in [-0.2, -0.15) is 0 Å². The van der Waals surface area contributed by atoms with Crippen molar-refractivity contribution in [2.45, 2.75) is 180 Å². The lowest BCUT2D eigenvalue weighted by Crippen LogP contribution is -2.34. The zero-order valence-electron chi connectivity index (χ0n) is 31.0. The fourth-order valence-corrected chi connectivity index (χ4v) is 5.90. The molecule has 10 nitrogen and oxygen atoms in total. The molecule has 0 amide bonds. The van der Waals surface area contributed by atoms with E-state index in [1.807, 2.05) is 0 Å². The third-order valence-electron chi connectivity index (χ3n) is 8.20. The van der Waals surface area contributed by atoms with Crippen LogP contribution in [0.3, 0.4) is 0 Å². The van der Waals surface area contributed by atoms with Crippen molar-refractivity contribution in [2.24, 2.45) is 5.73 Å². The van der Waals surface area contributed by atoms with Gasteiger partial charge in [0.15, 0.2) is 0 Å². The molecule has 0 saturated carbocycles. The van der Waals surface area contributed by atoms with E-state index in [2.05, 4.69) is 42.7 Å². The number of ether oxygens (including phenoxy) is 2. The molecule has 0 bridgehead atoms. The number of phosphoric acid groups is 1. The fourth-order valence-electron chi connectivity index (χ4n) is 5.12. The molecule has 0 radical (unpaired) electrons. The molecule has 0 rings (SSSR count). The molecule has 288 valence electrons. The van der Waals surface area contributed by atoms with Crippen molar-refractivity contribution >= 4 is 19.8 Å². The molecule has 0 aromatic heterocycles. The molecule has 0 aliphatic heterocycles. The van der Waals surface area contributed by atoms with Gasteiger partial charge in [0.1, 0.15) is 12.1 Å². The molecule has 0 aromatic rings. The van der Waals surface area contributed by atoms with Crippen LogP contribution >= 0.6 is 7.82 Å². The maximum atomic E-state index is 12.5. The largest absolute Gasteiger partial charge is 0.480 e. The Morgan fingerprint density at radius 2 is 1.06 bits per heavy atom. The topological polar surface area (TPSA) is 155 Å². The molecule has 3 atom stereocenters. The van der Waals surface area contributed by atoms with Crippen molar-refractivity contribution in [1.29, 1.82) is 0 Å². The van der Waals surface area contributed by atoms with Gasteiger partial charge in [-0.1, -0.05) is 122 Å². The Labute approximate surface area is 298 Å². The maximum absolute atomic E-state index is 12.5. The summed E-state index contributed by atoms with van der Waals surface area (Å²) in [7, 11) is -4.61. The van der Waals surface area contributed by atoms with E-state index >= 15 is 0 Å². The molecule has 0 aliphatic rings. The van der Waals surface area contributed by atoms with Crippen LogP contribution in [0.2, 0.25) is 0 Å². The number of hydrogen-bond acceptors (Lipinski definition) is 8. The van der Waals surface area contributed by atoms with Crippen molar-refractivity contribution in [1.82, 2.24) is 0 Å². The minimum absolute atomic E-state index is 0.0112. The molecule has 0 aliphatic carbocycles. The van der Waals surface area contributed by atoms with Crippen LogP contribution in [0.4, 0.5) is 0 Å². The van der Waals surface area contributed by atoms with E-state index in [0.29, 0.717) is 13.0 Å². The van der Waals surface area contributed by atoms with E-state index in [4.69, 9.17) is 24.8 Å². The molecule has 0 heterocycles. The molecular weight excluding hydrogens is 645 g/mol. The number of carboxylic acids is 1. The normalized spacial score (nSPS) is 14.4. The molecule has 49 heavy (non-hydrogen) atoms. The molecular formula is C38H72NO9P. The summed E-state index contributed by atoms with van der Waals surface area (Å²) >= 11 is 0. The predicted molar refractivity (Wildman–Crippen MR) is 198 cm³/mol. The third-order valence-corrected chi connectivity index (χ3v) is 9.15. The summed E-state index contributed by atoms with van der Waals surface area (Å²) in [5.41, 5.74) is 5.33. The number of allylic oxidation sites excluding steroid dienone is 4. The number of carbonyl (C=O) groups is 2. The van der Waals surface area contributed by atoms with Crippen molar-refractivity contribution < 1.29 is 42.7 Å². The van der Waals surface area contributed by atoms with Gasteiger partial charge in [0.05, 0.1) is 19.8 Å². The summed E-state index contributed by atoms with van der Waals surface area (Å²) in [4.78, 5) is 33.4. The smallest absolute Gasteiger partial charge is 0.472 e. The van der Waals surface area contributed by atoms with Gasteiger partial charge in [0.25, 0.3) is 0 Å². The maximum Gasteiger partial charge on any atom is 0.472 e. The first-order chi connectivity index (χ1) is 23.7. The van der Waals surface area contributed by atoms with Gasteiger partial charge >= 0.3 is 19.8 Å². The second kappa shape index (κ2) is 34.9. The minimum atomic E-state index is -4.61. The highest BCUT2D eigenvalue weighted by Crippen LogP contribution is 2.43. The Hall–Kier alpha value is -1.55. The van der Waals surface area contributed by atoms with Gasteiger partial charge in [-0.25, -0.2) is 4.57 Å². The molecule has 11 heteroatoms. The number of rotatable bonds is 37. The van der Waals surface area contributed by atoms with Crippen LogP contribution in [-0.4, -0.2) is 60.5 Å². The average Bonchev–Trinajstić information content (AvgIpc) is 3.07. The summed E-state index contributed by atoms with van der Waals surface area (Å²) in [6, 6.07) is -1.47. The number of nitrogens with two attached hydrogens (primary N) is 1. The molecule has 0 fully saturated rings. The van der Waals surface area contributed by atoms with Gasteiger partial charge in [0, 0.05) is 13.0 Å². The average molecular weight is 718 g/mol. The first-order valence-corrected chi connectivity index (χ1v) is 20.9. The van der Waals surface area contributed by atoms with Crippen molar-refractivity contribution in [3.05, 3.63) is 24.3 Å². The number of esters is 1. The molecule has 0 spiro atoms. The zero-order valence-corrected chi connectivity index (χ0v) is 31.9. The Morgan fingerprint density at radius 1 is 0.633 bits per heavy atom. The van der Waals surface area contributed by atoms with E-state index in [9.17, 15) is 19.0 Å². The van der Waals surface area contributed by atoms with Crippen LogP contribution in [0, 0.1) is 0 Å².